The van der Waals surface area contributed by atoms with Gasteiger partial charge in [0, 0.05) is 12.0 Å². The van der Waals surface area contributed by atoms with Gasteiger partial charge in [-0.1, -0.05) is 0 Å². The smallest absolute Gasteiger partial charge is 0.341 e. The van der Waals surface area contributed by atoms with Gasteiger partial charge in [-0.2, -0.15) is 0 Å². The van der Waals surface area contributed by atoms with Crippen molar-refractivity contribution in [3.8, 4) is 5.75 Å². The van der Waals surface area contributed by atoms with E-state index < -0.39 is 5.97 Å². The molecule has 84 valence electrons. The molecule has 4 heteroatoms. The number of carbonyl (C=O) groups is 2. The molecule has 4 nitrogen and oxygen atoms in total. The Labute approximate surface area is 93.2 Å². The molecule has 1 aromatic rings. The summed E-state index contributed by atoms with van der Waals surface area (Å²) in [6, 6.07) is 3.31. The fraction of sp³-hybridized carbons (Fsp3) is 0.333. The molecular weight excluding hydrogens is 208 g/mol. The SMILES string of the molecule is COC(=O)c1cc2c(cc1OC)CCC2=O. The Bertz CT molecular complexity index is 462. The lowest BCUT2D eigenvalue weighted by Crippen LogP contribution is -2.06. The summed E-state index contributed by atoms with van der Waals surface area (Å²) in [5, 5.41) is 0. The topological polar surface area (TPSA) is 52.6 Å². The van der Waals surface area contributed by atoms with E-state index in [1.165, 1.54) is 14.2 Å². The van der Waals surface area contributed by atoms with Crippen LogP contribution in [-0.4, -0.2) is 26.0 Å². The molecule has 0 amide bonds. The number of carbonyl (C=O) groups excluding carboxylic acids is 2. The van der Waals surface area contributed by atoms with Crippen LogP contribution in [0.4, 0.5) is 0 Å². The number of ketones is 1. The maximum Gasteiger partial charge on any atom is 0.341 e. The molecule has 0 spiro atoms. The first-order chi connectivity index (χ1) is 7.67. The Morgan fingerprint density at radius 2 is 2.00 bits per heavy atom. The minimum atomic E-state index is -0.487. The highest BCUT2D eigenvalue weighted by atomic mass is 16.5. The predicted molar refractivity (Wildman–Crippen MR) is 57.0 cm³/mol. The van der Waals surface area contributed by atoms with Crippen molar-refractivity contribution in [2.24, 2.45) is 0 Å². The van der Waals surface area contributed by atoms with Crippen molar-refractivity contribution in [1.82, 2.24) is 0 Å². The second-order valence-corrected chi connectivity index (χ2v) is 3.62. The first-order valence-corrected chi connectivity index (χ1v) is 4.99. The van der Waals surface area contributed by atoms with Gasteiger partial charge in [-0.25, -0.2) is 4.79 Å². The second kappa shape index (κ2) is 3.96. The monoisotopic (exact) mass is 220 g/mol. The molecule has 2 rings (SSSR count). The number of fused-ring (bicyclic) bond motifs is 1. The lowest BCUT2D eigenvalue weighted by atomic mass is 10.0. The van der Waals surface area contributed by atoms with Crippen molar-refractivity contribution in [2.75, 3.05) is 14.2 Å². The van der Waals surface area contributed by atoms with Gasteiger partial charge in [-0.15, -0.1) is 0 Å². The molecular formula is C12H12O4. The number of benzene rings is 1. The summed E-state index contributed by atoms with van der Waals surface area (Å²) in [5.74, 6) is 0.0439. The highest BCUT2D eigenvalue weighted by molar-refractivity contribution is 6.03. The van der Waals surface area contributed by atoms with Crippen molar-refractivity contribution in [1.29, 1.82) is 0 Å². The average molecular weight is 220 g/mol. The lowest BCUT2D eigenvalue weighted by Gasteiger charge is -2.09. The van der Waals surface area contributed by atoms with Gasteiger partial charge in [0.25, 0.3) is 0 Å². The van der Waals surface area contributed by atoms with Gasteiger partial charge in [-0.05, 0) is 24.1 Å². The van der Waals surface area contributed by atoms with Crippen LogP contribution < -0.4 is 4.74 Å². The molecule has 0 heterocycles. The summed E-state index contributed by atoms with van der Waals surface area (Å²) < 4.78 is 9.76. The molecule has 0 aliphatic heterocycles. The number of aryl methyl sites for hydroxylation is 1. The molecule has 1 aliphatic carbocycles. The number of hydrogen-bond donors (Lipinski definition) is 0. The Hall–Kier alpha value is -1.84. The zero-order valence-corrected chi connectivity index (χ0v) is 9.20. The van der Waals surface area contributed by atoms with E-state index in [1.54, 1.807) is 12.1 Å². The summed E-state index contributed by atoms with van der Waals surface area (Å²) in [4.78, 5) is 23.0. The van der Waals surface area contributed by atoms with Crippen LogP contribution >= 0.6 is 0 Å². The van der Waals surface area contributed by atoms with E-state index in [9.17, 15) is 9.59 Å². The van der Waals surface area contributed by atoms with E-state index in [4.69, 9.17) is 4.74 Å². The van der Waals surface area contributed by atoms with Crippen LogP contribution in [0, 0.1) is 0 Å². The second-order valence-electron chi connectivity index (χ2n) is 3.62. The van der Waals surface area contributed by atoms with E-state index in [1.807, 2.05) is 0 Å². The number of rotatable bonds is 2. The first kappa shape index (κ1) is 10.7. The first-order valence-electron chi connectivity index (χ1n) is 4.99. The van der Waals surface area contributed by atoms with Crippen molar-refractivity contribution >= 4 is 11.8 Å². The number of esters is 1. The van der Waals surface area contributed by atoms with Gasteiger partial charge >= 0.3 is 5.97 Å². The summed E-state index contributed by atoms with van der Waals surface area (Å²) in [6.07, 6.45) is 1.22. The quantitative estimate of drug-likeness (QED) is 0.710. The predicted octanol–water partition coefficient (Wildman–Crippen LogP) is 1.61. The largest absolute Gasteiger partial charge is 0.496 e. The normalized spacial score (nSPS) is 13.5. The molecule has 0 N–H and O–H groups in total. The van der Waals surface area contributed by atoms with Crippen LogP contribution in [0.3, 0.4) is 0 Å². The number of Topliss-reactive ketones (excluding diaryl/α,β-unsaturated/α-hetero) is 1. The standard InChI is InChI=1S/C12H12O4/c1-15-11-5-7-3-4-10(13)8(7)6-9(11)12(14)16-2/h5-6H,3-4H2,1-2H3. The van der Waals surface area contributed by atoms with E-state index >= 15 is 0 Å². The summed E-state index contributed by atoms with van der Waals surface area (Å²) in [6.45, 7) is 0. The number of hydrogen-bond acceptors (Lipinski definition) is 4. The fourth-order valence-corrected chi connectivity index (χ4v) is 1.91. The molecule has 0 radical (unpaired) electrons. The van der Waals surface area contributed by atoms with Gasteiger partial charge in [0.15, 0.2) is 5.78 Å². The molecule has 0 aromatic heterocycles. The maximum atomic E-state index is 11.5. The third kappa shape index (κ3) is 1.56. The molecule has 0 bridgehead atoms. The van der Waals surface area contributed by atoms with Crippen molar-refractivity contribution in [2.45, 2.75) is 12.8 Å². The zero-order valence-electron chi connectivity index (χ0n) is 9.20. The molecule has 0 unspecified atom stereocenters. The third-order valence-electron chi connectivity index (χ3n) is 2.75. The minimum absolute atomic E-state index is 0.0720. The van der Waals surface area contributed by atoms with Crippen LogP contribution in [0.2, 0.25) is 0 Å². The molecule has 0 fully saturated rings. The van der Waals surface area contributed by atoms with E-state index in [-0.39, 0.29) is 5.78 Å². The summed E-state index contributed by atoms with van der Waals surface area (Å²) in [5.41, 5.74) is 1.86. The molecule has 1 aliphatic rings. The van der Waals surface area contributed by atoms with Gasteiger partial charge < -0.3 is 9.47 Å². The molecule has 16 heavy (non-hydrogen) atoms. The van der Waals surface area contributed by atoms with E-state index in [0.29, 0.717) is 29.7 Å². The number of ether oxygens (including phenoxy) is 2. The summed E-state index contributed by atoms with van der Waals surface area (Å²) in [7, 11) is 2.79. The van der Waals surface area contributed by atoms with Crippen LogP contribution in [0.1, 0.15) is 32.7 Å². The van der Waals surface area contributed by atoms with Gasteiger partial charge in [-0.3, -0.25) is 4.79 Å². The fourth-order valence-electron chi connectivity index (χ4n) is 1.91. The Kier molecular flexibility index (Phi) is 2.64. The molecule has 0 atom stereocenters. The van der Waals surface area contributed by atoms with Crippen LogP contribution in [0.5, 0.6) is 5.75 Å². The average Bonchev–Trinajstić information content (AvgIpc) is 2.68. The van der Waals surface area contributed by atoms with Crippen molar-refractivity contribution < 1.29 is 19.1 Å². The minimum Gasteiger partial charge on any atom is -0.496 e. The zero-order chi connectivity index (χ0) is 11.7. The van der Waals surface area contributed by atoms with Crippen LogP contribution in [-0.2, 0) is 11.2 Å². The molecule has 1 aromatic carbocycles. The Balaban J connectivity index is 2.56. The third-order valence-corrected chi connectivity index (χ3v) is 2.75. The molecule has 0 saturated carbocycles. The van der Waals surface area contributed by atoms with Crippen LogP contribution in [0.25, 0.3) is 0 Å². The highest BCUT2D eigenvalue weighted by Gasteiger charge is 2.24. The van der Waals surface area contributed by atoms with Gasteiger partial charge in [0.1, 0.15) is 11.3 Å². The van der Waals surface area contributed by atoms with E-state index in [0.717, 1.165) is 5.56 Å². The Morgan fingerprint density at radius 3 is 2.62 bits per heavy atom. The van der Waals surface area contributed by atoms with Crippen LogP contribution in [0.15, 0.2) is 12.1 Å². The maximum absolute atomic E-state index is 11.5. The van der Waals surface area contributed by atoms with Crippen molar-refractivity contribution in [3.63, 3.8) is 0 Å². The number of methoxy groups -OCH3 is 2. The van der Waals surface area contributed by atoms with Gasteiger partial charge in [0.05, 0.1) is 14.2 Å². The highest BCUT2D eigenvalue weighted by Crippen LogP contribution is 2.30. The summed E-state index contributed by atoms with van der Waals surface area (Å²) >= 11 is 0. The lowest BCUT2D eigenvalue weighted by molar-refractivity contribution is 0.0597. The van der Waals surface area contributed by atoms with Gasteiger partial charge in [0.2, 0.25) is 0 Å². The van der Waals surface area contributed by atoms with E-state index in [2.05, 4.69) is 4.74 Å². The Morgan fingerprint density at radius 1 is 1.25 bits per heavy atom. The van der Waals surface area contributed by atoms with Crippen molar-refractivity contribution in [3.05, 3.63) is 28.8 Å². The molecule has 0 saturated heterocycles.